The van der Waals surface area contributed by atoms with Crippen molar-refractivity contribution in [3.63, 3.8) is 0 Å². The summed E-state index contributed by atoms with van der Waals surface area (Å²) >= 11 is 0. The van der Waals surface area contributed by atoms with E-state index < -0.39 is 6.10 Å². The molecule has 1 unspecified atom stereocenters. The van der Waals surface area contributed by atoms with E-state index in [-0.39, 0.29) is 5.97 Å². The molecule has 13 heavy (non-hydrogen) atoms. The molecule has 0 saturated heterocycles. The van der Waals surface area contributed by atoms with Crippen molar-refractivity contribution in [2.75, 3.05) is 0 Å². The minimum absolute atomic E-state index is 0.309. The summed E-state index contributed by atoms with van der Waals surface area (Å²) in [6.07, 6.45) is 0.189. The first-order valence-corrected chi connectivity index (χ1v) is 4.23. The van der Waals surface area contributed by atoms with Gasteiger partial charge in [0.2, 0.25) is 0 Å². The standard InChI is InChI=1S/C10H15NO2/c1-7(2)5-10(8(3)6-11)13-9(4)12/h7,10H,3,5H2,1-2,4H3. The SMILES string of the molecule is C=C(C#N)C(CC(C)C)OC(C)=O. The highest BCUT2D eigenvalue weighted by atomic mass is 16.5. The summed E-state index contributed by atoms with van der Waals surface area (Å²) in [4.78, 5) is 10.7. The molecule has 0 saturated carbocycles. The molecule has 0 radical (unpaired) electrons. The van der Waals surface area contributed by atoms with Crippen LogP contribution in [0.2, 0.25) is 0 Å². The van der Waals surface area contributed by atoms with Crippen LogP contribution < -0.4 is 0 Å². The van der Waals surface area contributed by atoms with Crippen LogP contribution in [0.25, 0.3) is 0 Å². The minimum atomic E-state index is -0.456. The van der Waals surface area contributed by atoms with Crippen LogP contribution in [-0.4, -0.2) is 12.1 Å². The van der Waals surface area contributed by atoms with E-state index in [4.69, 9.17) is 10.00 Å². The molecule has 0 aromatic heterocycles. The highest BCUT2D eigenvalue weighted by molar-refractivity contribution is 5.66. The molecule has 0 amide bonds. The summed E-state index contributed by atoms with van der Waals surface area (Å²) in [6, 6.07) is 1.90. The van der Waals surface area contributed by atoms with Gasteiger partial charge >= 0.3 is 5.97 Å². The lowest BCUT2D eigenvalue weighted by Crippen LogP contribution is -2.19. The molecule has 72 valence electrons. The lowest BCUT2D eigenvalue weighted by molar-refractivity contribution is -0.145. The van der Waals surface area contributed by atoms with Crippen molar-refractivity contribution >= 4 is 5.97 Å². The van der Waals surface area contributed by atoms with Crippen molar-refractivity contribution in [2.24, 2.45) is 5.92 Å². The Bertz CT molecular complexity index is 238. The number of ether oxygens (including phenoxy) is 1. The molecule has 3 nitrogen and oxygen atoms in total. The zero-order valence-corrected chi connectivity index (χ0v) is 8.33. The number of hydrogen-bond donors (Lipinski definition) is 0. The van der Waals surface area contributed by atoms with Crippen molar-refractivity contribution < 1.29 is 9.53 Å². The Balaban J connectivity index is 4.29. The highest BCUT2D eigenvalue weighted by Gasteiger charge is 2.16. The average molecular weight is 181 g/mol. The quantitative estimate of drug-likeness (QED) is 0.492. The van der Waals surface area contributed by atoms with Crippen molar-refractivity contribution in [2.45, 2.75) is 33.3 Å². The maximum Gasteiger partial charge on any atom is 0.303 e. The van der Waals surface area contributed by atoms with Crippen LogP contribution in [0.1, 0.15) is 27.2 Å². The second kappa shape index (κ2) is 5.36. The fourth-order valence-electron chi connectivity index (χ4n) is 0.962. The van der Waals surface area contributed by atoms with E-state index in [2.05, 4.69) is 6.58 Å². The number of nitriles is 1. The Kier molecular flexibility index (Phi) is 4.83. The van der Waals surface area contributed by atoms with Crippen LogP contribution in [0.15, 0.2) is 12.2 Å². The Labute approximate surface area is 79.0 Å². The number of rotatable bonds is 4. The molecule has 0 aliphatic rings. The van der Waals surface area contributed by atoms with E-state index in [1.807, 2.05) is 19.9 Å². The van der Waals surface area contributed by atoms with Gasteiger partial charge in [0.25, 0.3) is 0 Å². The summed E-state index contributed by atoms with van der Waals surface area (Å²) < 4.78 is 4.95. The van der Waals surface area contributed by atoms with E-state index in [0.717, 1.165) is 0 Å². The fraction of sp³-hybridized carbons (Fsp3) is 0.600. The van der Waals surface area contributed by atoms with E-state index in [1.54, 1.807) is 0 Å². The normalized spacial score (nSPS) is 11.9. The van der Waals surface area contributed by atoms with Crippen molar-refractivity contribution in [3.8, 4) is 6.07 Å². The van der Waals surface area contributed by atoms with Gasteiger partial charge in [-0.15, -0.1) is 0 Å². The van der Waals surface area contributed by atoms with E-state index in [9.17, 15) is 4.79 Å². The second-order valence-electron chi connectivity index (χ2n) is 3.36. The van der Waals surface area contributed by atoms with Crippen LogP contribution in [-0.2, 0) is 9.53 Å². The van der Waals surface area contributed by atoms with Gasteiger partial charge in [0, 0.05) is 6.92 Å². The summed E-state index contributed by atoms with van der Waals surface area (Å²) in [5.41, 5.74) is 0.309. The first kappa shape index (κ1) is 11.7. The average Bonchev–Trinajstić information content (AvgIpc) is 2.00. The van der Waals surface area contributed by atoms with E-state index in [0.29, 0.717) is 17.9 Å². The van der Waals surface area contributed by atoms with E-state index >= 15 is 0 Å². The molecule has 0 bridgehead atoms. The number of esters is 1. The third-order valence-electron chi connectivity index (χ3n) is 1.53. The first-order chi connectivity index (χ1) is 5.97. The van der Waals surface area contributed by atoms with E-state index in [1.165, 1.54) is 6.92 Å². The topological polar surface area (TPSA) is 50.1 Å². The van der Waals surface area contributed by atoms with Gasteiger partial charge in [-0.05, 0) is 12.3 Å². The number of nitrogens with zero attached hydrogens (tertiary/aromatic N) is 1. The van der Waals surface area contributed by atoms with Crippen LogP contribution in [0.5, 0.6) is 0 Å². The fourth-order valence-corrected chi connectivity index (χ4v) is 0.962. The first-order valence-electron chi connectivity index (χ1n) is 4.23. The van der Waals surface area contributed by atoms with Gasteiger partial charge in [-0.25, -0.2) is 0 Å². The van der Waals surface area contributed by atoms with Gasteiger partial charge < -0.3 is 4.74 Å². The maximum absolute atomic E-state index is 10.7. The molecule has 1 atom stereocenters. The lowest BCUT2D eigenvalue weighted by Gasteiger charge is -2.17. The predicted molar refractivity (Wildman–Crippen MR) is 49.8 cm³/mol. The predicted octanol–water partition coefficient (Wildman–Crippen LogP) is 2.04. The Morgan fingerprint density at radius 3 is 2.46 bits per heavy atom. The molecule has 3 heteroatoms. The molecule has 0 aromatic rings. The van der Waals surface area contributed by atoms with Gasteiger partial charge in [0.1, 0.15) is 6.10 Å². The monoisotopic (exact) mass is 181 g/mol. The minimum Gasteiger partial charge on any atom is -0.457 e. The lowest BCUT2D eigenvalue weighted by atomic mass is 10.0. The molecule has 0 N–H and O–H groups in total. The molecule has 0 rings (SSSR count). The Morgan fingerprint density at radius 2 is 2.15 bits per heavy atom. The van der Waals surface area contributed by atoms with Crippen molar-refractivity contribution in [1.29, 1.82) is 5.26 Å². The molecule has 0 aliphatic carbocycles. The number of carbonyl (C=O) groups excluding carboxylic acids is 1. The zero-order chi connectivity index (χ0) is 10.4. The van der Waals surface area contributed by atoms with Gasteiger partial charge in [0.15, 0.2) is 0 Å². The number of carbonyl (C=O) groups is 1. The Hall–Kier alpha value is -1.30. The molecule has 0 spiro atoms. The van der Waals surface area contributed by atoms with Crippen LogP contribution in [0.3, 0.4) is 0 Å². The van der Waals surface area contributed by atoms with Crippen molar-refractivity contribution in [1.82, 2.24) is 0 Å². The third-order valence-corrected chi connectivity index (χ3v) is 1.53. The number of hydrogen-bond acceptors (Lipinski definition) is 3. The molecule has 0 fully saturated rings. The van der Waals surface area contributed by atoms with Gasteiger partial charge in [0.05, 0.1) is 11.6 Å². The maximum atomic E-state index is 10.7. The Morgan fingerprint density at radius 1 is 1.62 bits per heavy atom. The van der Waals surface area contributed by atoms with Crippen LogP contribution in [0.4, 0.5) is 0 Å². The van der Waals surface area contributed by atoms with Crippen LogP contribution >= 0.6 is 0 Å². The second-order valence-corrected chi connectivity index (χ2v) is 3.36. The zero-order valence-electron chi connectivity index (χ0n) is 8.33. The summed E-state index contributed by atoms with van der Waals surface area (Å²) in [5, 5.41) is 8.59. The summed E-state index contributed by atoms with van der Waals surface area (Å²) in [6.45, 7) is 8.87. The summed E-state index contributed by atoms with van der Waals surface area (Å²) in [5.74, 6) is -0.00324. The van der Waals surface area contributed by atoms with Gasteiger partial charge in [-0.3, -0.25) is 4.79 Å². The smallest absolute Gasteiger partial charge is 0.303 e. The molecule has 0 heterocycles. The third kappa shape index (κ3) is 5.02. The largest absolute Gasteiger partial charge is 0.457 e. The van der Waals surface area contributed by atoms with Crippen molar-refractivity contribution in [3.05, 3.63) is 12.2 Å². The molecular weight excluding hydrogens is 166 g/mol. The highest BCUT2D eigenvalue weighted by Crippen LogP contribution is 2.14. The van der Waals surface area contributed by atoms with Crippen LogP contribution in [0, 0.1) is 17.2 Å². The molecular formula is C10H15NO2. The summed E-state index contributed by atoms with van der Waals surface area (Å²) in [7, 11) is 0. The molecule has 0 aliphatic heterocycles. The van der Waals surface area contributed by atoms with Gasteiger partial charge in [-0.1, -0.05) is 20.4 Å². The molecule has 0 aromatic carbocycles. The van der Waals surface area contributed by atoms with Gasteiger partial charge in [-0.2, -0.15) is 5.26 Å².